The lowest BCUT2D eigenvalue weighted by Crippen LogP contribution is -3.01. The maximum Gasteiger partial charge on any atom is 0.158 e. The Morgan fingerprint density at radius 1 is 0.714 bits per heavy atom. The Kier molecular flexibility index (Phi) is 8.38. The molecule has 4 rings (SSSR count). The highest BCUT2D eigenvalue weighted by Crippen LogP contribution is 2.25. The topological polar surface area (TPSA) is 23.3 Å². The second-order valence-corrected chi connectivity index (χ2v) is 8.97. The number of benzene rings is 3. The molecule has 3 aromatic carbocycles. The average molecular weight is 468 g/mol. The first-order valence-corrected chi connectivity index (χ1v) is 13.0. The van der Waals surface area contributed by atoms with Crippen LogP contribution in [0.3, 0.4) is 0 Å². The van der Waals surface area contributed by atoms with Crippen LogP contribution in [-0.4, -0.2) is 31.9 Å². The van der Waals surface area contributed by atoms with Crippen LogP contribution in [0.1, 0.15) is 51.3 Å². The summed E-state index contributed by atoms with van der Waals surface area (Å²) >= 11 is 0. The van der Waals surface area contributed by atoms with E-state index in [-0.39, 0.29) is 6.04 Å². The van der Waals surface area contributed by atoms with Gasteiger partial charge in [0, 0.05) is 55.2 Å². The molecule has 0 saturated carbocycles. The number of quaternary nitrogens is 1. The molecule has 0 bridgehead atoms. The quantitative estimate of drug-likeness (QED) is 0.389. The Morgan fingerprint density at radius 2 is 1.26 bits per heavy atom. The molecule has 2 unspecified atom stereocenters. The van der Waals surface area contributed by atoms with Gasteiger partial charge in [-0.2, -0.15) is 5.01 Å². The van der Waals surface area contributed by atoms with Gasteiger partial charge in [0.2, 0.25) is 0 Å². The molecule has 182 valence electrons. The Bertz CT molecular complexity index is 1110. The normalized spacial score (nSPS) is 17.5. The summed E-state index contributed by atoms with van der Waals surface area (Å²) in [6.07, 6.45) is 5.31. The molecule has 1 aliphatic heterocycles. The molecule has 4 nitrogen and oxygen atoms in total. The molecule has 0 fully saturated rings. The van der Waals surface area contributed by atoms with E-state index in [1.54, 1.807) is 0 Å². The van der Waals surface area contributed by atoms with Crippen molar-refractivity contribution in [3.8, 4) is 0 Å². The number of nitrogens with zero attached hydrogens (tertiary/aromatic N) is 3. The van der Waals surface area contributed by atoms with Crippen molar-refractivity contribution in [1.82, 2.24) is 0 Å². The highest BCUT2D eigenvalue weighted by Gasteiger charge is 2.33. The van der Waals surface area contributed by atoms with Gasteiger partial charge in [0.25, 0.3) is 0 Å². The molecular formula is C31H39N4+. The van der Waals surface area contributed by atoms with Crippen LogP contribution in [0.4, 0.5) is 17.1 Å². The molecule has 0 amide bonds. The standard InChI is InChI=1S/C31H38N4/c1-5-33(6-2)28-20-15-25(16-21-28)14-19-27-24-31(35(32-27)30-12-10-9-11-13-30)26-17-22-29(23-18-26)34(7-3)8-4/h9-23,31H,5-8,24H2,1-4H3/p+1. The van der Waals surface area contributed by atoms with Crippen molar-refractivity contribution in [3.63, 3.8) is 0 Å². The van der Waals surface area contributed by atoms with Crippen molar-refractivity contribution in [1.29, 1.82) is 0 Å². The van der Waals surface area contributed by atoms with Gasteiger partial charge in [0.15, 0.2) is 5.69 Å². The van der Waals surface area contributed by atoms with Gasteiger partial charge in [0.05, 0.1) is 6.42 Å². The predicted octanol–water partition coefficient (Wildman–Crippen LogP) is 6.11. The van der Waals surface area contributed by atoms with Crippen molar-refractivity contribution >= 4 is 28.8 Å². The fourth-order valence-corrected chi connectivity index (χ4v) is 4.92. The lowest BCUT2D eigenvalue weighted by atomic mass is 10.00. The molecule has 0 spiro atoms. The highest BCUT2D eigenvalue weighted by molar-refractivity contribution is 5.99. The van der Waals surface area contributed by atoms with Gasteiger partial charge in [0.1, 0.15) is 11.8 Å². The number of rotatable bonds is 10. The van der Waals surface area contributed by atoms with E-state index in [9.17, 15) is 0 Å². The molecule has 1 N–H and O–H groups in total. The molecule has 1 heterocycles. The van der Waals surface area contributed by atoms with E-state index in [1.165, 1.54) is 28.2 Å². The summed E-state index contributed by atoms with van der Waals surface area (Å²) in [6.45, 7) is 12.9. The third-order valence-electron chi connectivity index (χ3n) is 6.99. The van der Waals surface area contributed by atoms with Gasteiger partial charge in [-0.3, -0.25) is 0 Å². The maximum atomic E-state index is 5.12. The summed E-state index contributed by atoms with van der Waals surface area (Å²) < 4.78 is 0. The minimum Gasteiger partial charge on any atom is -0.372 e. The minimum absolute atomic E-state index is 0.271. The lowest BCUT2D eigenvalue weighted by Gasteiger charge is -2.22. The summed E-state index contributed by atoms with van der Waals surface area (Å²) in [4.78, 5) is 4.75. The van der Waals surface area contributed by atoms with Gasteiger partial charge >= 0.3 is 0 Å². The van der Waals surface area contributed by atoms with Crippen LogP contribution < -0.4 is 14.8 Å². The average Bonchev–Trinajstić information content (AvgIpc) is 3.35. The number of para-hydroxylation sites is 1. The molecule has 0 aliphatic carbocycles. The van der Waals surface area contributed by atoms with E-state index in [2.05, 4.69) is 129 Å². The largest absolute Gasteiger partial charge is 0.372 e. The fraction of sp³-hybridized carbons (Fsp3) is 0.323. The van der Waals surface area contributed by atoms with Crippen molar-refractivity contribution in [2.45, 2.75) is 40.2 Å². The zero-order chi connectivity index (χ0) is 24.6. The maximum absolute atomic E-state index is 5.12. The second-order valence-electron chi connectivity index (χ2n) is 8.97. The van der Waals surface area contributed by atoms with E-state index < -0.39 is 0 Å². The molecule has 3 aromatic rings. The SMILES string of the molecule is CCN(CC)c1ccc(C=CC2=N[NH+](c3ccccc3)C(c3ccc(N(CC)CC)cc3)C2)cc1. The van der Waals surface area contributed by atoms with E-state index in [0.717, 1.165) is 43.3 Å². The summed E-state index contributed by atoms with van der Waals surface area (Å²) in [5.41, 5.74) is 7.43. The minimum atomic E-state index is 0.271. The van der Waals surface area contributed by atoms with Crippen LogP contribution in [0.15, 0.2) is 90.0 Å². The molecule has 0 radical (unpaired) electrons. The van der Waals surface area contributed by atoms with E-state index in [4.69, 9.17) is 5.10 Å². The first-order valence-electron chi connectivity index (χ1n) is 13.0. The van der Waals surface area contributed by atoms with Crippen LogP contribution >= 0.6 is 0 Å². The molecule has 1 aliphatic rings. The smallest absolute Gasteiger partial charge is 0.158 e. The summed E-state index contributed by atoms with van der Waals surface area (Å²) in [5, 5.41) is 6.29. The molecule has 0 saturated heterocycles. The summed E-state index contributed by atoms with van der Waals surface area (Å²) in [6, 6.07) is 28.8. The van der Waals surface area contributed by atoms with Crippen LogP contribution in [0.5, 0.6) is 0 Å². The number of nitrogens with one attached hydrogen (secondary N) is 1. The first kappa shape index (κ1) is 24.7. The van der Waals surface area contributed by atoms with E-state index in [0.29, 0.717) is 0 Å². The second kappa shape index (κ2) is 11.9. The fourth-order valence-electron chi connectivity index (χ4n) is 4.92. The van der Waals surface area contributed by atoms with Gasteiger partial charge in [-0.25, -0.2) is 0 Å². The number of hydrogen-bond acceptors (Lipinski definition) is 3. The van der Waals surface area contributed by atoms with Crippen LogP contribution in [0.25, 0.3) is 6.08 Å². The molecule has 2 atom stereocenters. The van der Waals surface area contributed by atoms with Gasteiger partial charge in [-0.05, 0) is 63.6 Å². The van der Waals surface area contributed by atoms with Gasteiger partial charge < -0.3 is 9.80 Å². The zero-order valence-electron chi connectivity index (χ0n) is 21.6. The van der Waals surface area contributed by atoms with Crippen molar-refractivity contribution in [3.05, 3.63) is 96.1 Å². The Balaban J connectivity index is 1.55. The third kappa shape index (κ3) is 5.83. The first-order chi connectivity index (χ1) is 17.2. The Morgan fingerprint density at radius 3 is 1.80 bits per heavy atom. The monoisotopic (exact) mass is 467 g/mol. The lowest BCUT2D eigenvalue weighted by molar-refractivity contribution is -0.867. The van der Waals surface area contributed by atoms with E-state index >= 15 is 0 Å². The number of anilines is 2. The van der Waals surface area contributed by atoms with Crippen molar-refractivity contribution < 1.29 is 5.01 Å². The molecule has 0 aromatic heterocycles. The molecule has 35 heavy (non-hydrogen) atoms. The molecule has 4 heteroatoms. The summed E-state index contributed by atoms with van der Waals surface area (Å²) in [5.74, 6) is 0. The highest BCUT2D eigenvalue weighted by atomic mass is 15.5. The van der Waals surface area contributed by atoms with Crippen LogP contribution in [0, 0.1) is 0 Å². The van der Waals surface area contributed by atoms with Crippen LogP contribution in [0.2, 0.25) is 0 Å². The number of allylic oxidation sites excluding steroid dienone is 1. The predicted molar refractivity (Wildman–Crippen MR) is 151 cm³/mol. The van der Waals surface area contributed by atoms with E-state index in [1.807, 2.05) is 0 Å². The Labute approximate surface area is 211 Å². The summed E-state index contributed by atoms with van der Waals surface area (Å²) in [7, 11) is 0. The van der Waals surface area contributed by atoms with Gasteiger partial charge in [-0.1, -0.05) is 53.6 Å². The van der Waals surface area contributed by atoms with Crippen LogP contribution in [-0.2, 0) is 0 Å². The zero-order valence-corrected chi connectivity index (χ0v) is 21.6. The van der Waals surface area contributed by atoms with Crippen molar-refractivity contribution in [2.75, 3.05) is 36.0 Å². The number of hydrogen-bond donors (Lipinski definition) is 1. The Hall–Kier alpha value is -3.37. The molecular weight excluding hydrogens is 428 g/mol. The third-order valence-corrected chi connectivity index (χ3v) is 6.99. The van der Waals surface area contributed by atoms with Gasteiger partial charge in [-0.15, -0.1) is 0 Å². The van der Waals surface area contributed by atoms with Crippen molar-refractivity contribution in [2.24, 2.45) is 5.10 Å².